The van der Waals surface area contributed by atoms with E-state index in [-0.39, 0.29) is 1.43 Å². The smallest absolute Gasteiger partial charge is 0 e. The minimum atomic E-state index is 0. The first-order chi connectivity index (χ1) is 13.4. The first kappa shape index (κ1) is 19.0. The minimum absolute atomic E-state index is 0. The molecule has 10 unspecified atom stereocenters. The Bertz CT molecular complexity index is 691. The van der Waals surface area contributed by atoms with Crippen LogP contribution in [-0.2, 0) is 0 Å². The van der Waals surface area contributed by atoms with Crippen LogP contribution in [0.15, 0.2) is 49.6 Å². The van der Waals surface area contributed by atoms with E-state index in [4.69, 9.17) is 0 Å². The van der Waals surface area contributed by atoms with Gasteiger partial charge in [-0.15, -0.1) is 13.2 Å². The van der Waals surface area contributed by atoms with Crippen molar-refractivity contribution < 1.29 is 1.43 Å². The van der Waals surface area contributed by atoms with Crippen LogP contribution in [0.2, 0.25) is 0 Å². The zero-order chi connectivity index (χ0) is 19.8. The Morgan fingerprint density at radius 2 is 1.18 bits per heavy atom. The van der Waals surface area contributed by atoms with Gasteiger partial charge in [0.2, 0.25) is 0 Å². The van der Waals surface area contributed by atoms with Crippen molar-refractivity contribution in [3.05, 3.63) is 49.6 Å². The van der Waals surface area contributed by atoms with E-state index in [2.05, 4.69) is 77.3 Å². The van der Waals surface area contributed by atoms with E-state index in [0.717, 1.165) is 59.2 Å². The molecule has 0 aromatic carbocycles. The third kappa shape index (κ3) is 2.24. The van der Waals surface area contributed by atoms with Gasteiger partial charge in [0.15, 0.2) is 0 Å². The van der Waals surface area contributed by atoms with E-state index < -0.39 is 0 Å². The van der Waals surface area contributed by atoms with Crippen LogP contribution in [0.3, 0.4) is 0 Å². The Kier molecular flexibility index (Phi) is 4.22. The molecule has 0 aromatic rings. The third-order valence-corrected chi connectivity index (χ3v) is 11.0. The molecule has 10 atom stereocenters. The van der Waals surface area contributed by atoms with Crippen molar-refractivity contribution in [1.82, 2.24) is 0 Å². The zero-order valence-electron chi connectivity index (χ0n) is 18.5. The summed E-state index contributed by atoms with van der Waals surface area (Å²) < 4.78 is 0. The quantitative estimate of drug-likeness (QED) is 0.301. The van der Waals surface area contributed by atoms with Gasteiger partial charge in [0.1, 0.15) is 0 Å². The normalized spacial score (nSPS) is 52.9. The largest absolute Gasteiger partial charge is 0.106 e. The Labute approximate surface area is 174 Å². The molecule has 0 nitrogen and oxygen atoms in total. The summed E-state index contributed by atoms with van der Waals surface area (Å²) in [5.74, 6) is 9.88. The maximum Gasteiger partial charge on any atom is 0 e. The fourth-order valence-electron chi connectivity index (χ4n) is 9.10. The molecule has 7 aliphatic carbocycles. The van der Waals surface area contributed by atoms with E-state index in [0.29, 0.717) is 10.8 Å². The monoisotopic (exact) mass is 379 g/mol. The molecule has 28 heavy (non-hydrogen) atoms. The van der Waals surface area contributed by atoms with Gasteiger partial charge < -0.3 is 0 Å². The topological polar surface area (TPSA) is 0 Å². The van der Waals surface area contributed by atoms with Gasteiger partial charge in [0.05, 0.1) is 0 Å². The van der Waals surface area contributed by atoms with Crippen molar-refractivity contribution in [3.63, 3.8) is 0 Å². The lowest BCUT2D eigenvalue weighted by molar-refractivity contribution is -0.0349. The molecule has 4 saturated carbocycles. The Morgan fingerprint density at radius 3 is 1.75 bits per heavy atom. The molecule has 0 saturated heterocycles. The summed E-state index contributed by atoms with van der Waals surface area (Å²) in [6.45, 7) is 16.2. The molecule has 0 heteroatoms. The van der Waals surface area contributed by atoms with Crippen LogP contribution < -0.4 is 0 Å². The Morgan fingerprint density at radius 1 is 0.679 bits per heavy atom. The third-order valence-electron chi connectivity index (χ3n) is 11.0. The van der Waals surface area contributed by atoms with Crippen molar-refractivity contribution >= 4 is 0 Å². The van der Waals surface area contributed by atoms with Gasteiger partial charge in [0.25, 0.3) is 0 Å². The summed E-state index contributed by atoms with van der Waals surface area (Å²) in [4.78, 5) is 0. The van der Waals surface area contributed by atoms with Crippen LogP contribution in [0.5, 0.6) is 0 Å². The van der Waals surface area contributed by atoms with Crippen molar-refractivity contribution in [2.75, 3.05) is 0 Å². The second kappa shape index (κ2) is 6.23. The highest BCUT2D eigenvalue weighted by atomic mass is 14.7. The van der Waals surface area contributed by atoms with Gasteiger partial charge in [-0.3, -0.25) is 0 Å². The van der Waals surface area contributed by atoms with Gasteiger partial charge in [-0.25, -0.2) is 0 Å². The number of rotatable bonds is 0. The summed E-state index contributed by atoms with van der Waals surface area (Å²) in [7, 11) is 0. The predicted molar refractivity (Wildman–Crippen MR) is 122 cm³/mol. The van der Waals surface area contributed by atoms with Crippen LogP contribution in [0.1, 0.15) is 54.8 Å². The van der Waals surface area contributed by atoms with E-state index in [1.54, 1.807) is 0 Å². The molecule has 7 aliphatic rings. The number of allylic oxidation sites excluding steroid dienone is 6. The maximum absolute atomic E-state index is 3.00. The van der Waals surface area contributed by atoms with Crippen molar-refractivity contribution in [2.24, 2.45) is 70.0 Å². The van der Waals surface area contributed by atoms with Gasteiger partial charge >= 0.3 is 0 Å². The number of fused-ring (bicyclic) bond motifs is 14. The van der Waals surface area contributed by atoms with Gasteiger partial charge in [0, 0.05) is 1.43 Å². The van der Waals surface area contributed by atoms with Crippen LogP contribution in [0, 0.1) is 70.0 Å². The van der Waals surface area contributed by atoms with E-state index in [1.807, 2.05) is 0 Å². The first-order valence-electron chi connectivity index (χ1n) is 11.9. The lowest BCUT2D eigenvalue weighted by atomic mass is 9.52. The molecule has 0 radical (unpaired) electrons. The molecular formula is C28H42. The summed E-state index contributed by atoms with van der Waals surface area (Å²) in [5.41, 5.74) is 1.13. The fourth-order valence-corrected chi connectivity index (χ4v) is 9.10. The Balaban J connectivity index is 0.000000136. The second-order valence-corrected chi connectivity index (χ2v) is 11.8. The summed E-state index contributed by atoms with van der Waals surface area (Å²) in [6, 6.07) is 0. The van der Waals surface area contributed by atoms with Crippen molar-refractivity contribution in [2.45, 2.75) is 53.4 Å². The summed E-state index contributed by atoms with van der Waals surface area (Å²) in [6.07, 6.45) is 20.6. The van der Waals surface area contributed by atoms with E-state index >= 15 is 0 Å². The highest BCUT2D eigenvalue weighted by Gasteiger charge is 2.69. The zero-order valence-corrected chi connectivity index (χ0v) is 18.5. The molecule has 0 amide bonds. The molecule has 0 N–H and O–H groups in total. The highest BCUT2D eigenvalue weighted by Crippen LogP contribution is 2.76. The van der Waals surface area contributed by atoms with E-state index in [9.17, 15) is 0 Å². The van der Waals surface area contributed by atoms with Gasteiger partial charge in [-0.1, -0.05) is 64.2 Å². The number of hydrogen-bond acceptors (Lipinski definition) is 0. The first-order valence-corrected chi connectivity index (χ1v) is 11.9. The van der Waals surface area contributed by atoms with Crippen LogP contribution >= 0.6 is 0 Å². The van der Waals surface area contributed by atoms with Crippen molar-refractivity contribution in [1.29, 1.82) is 0 Å². The highest BCUT2D eigenvalue weighted by molar-refractivity contribution is 5.25. The lowest BCUT2D eigenvalue weighted by Crippen LogP contribution is -2.47. The lowest BCUT2D eigenvalue weighted by Gasteiger charge is -2.52. The second-order valence-electron chi connectivity index (χ2n) is 11.8. The molecule has 0 spiro atoms. The van der Waals surface area contributed by atoms with Crippen LogP contribution in [0.4, 0.5) is 0 Å². The molecular weight excluding hydrogens is 336 g/mol. The summed E-state index contributed by atoms with van der Waals surface area (Å²) in [5, 5.41) is 0. The van der Waals surface area contributed by atoms with Crippen molar-refractivity contribution in [3.8, 4) is 0 Å². The average molecular weight is 380 g/mol. The van der Waals surface area contributed by atoms with E-state index in [1.165, 1.54) is 25.7 Å². The standard InChI is InChI=1S/C16H24.C10H12.C2H4.H2/c1-15(2)11-8-12(16(15,3)4)14-10-6-5-9(7-10)13(11)14;1-2-9-7-4-5-8(6-7)10(9)3-1;1-2;/h5-6,9-14H,7-8H2,1-4H3;1-2,4-5,7-10H,3,6H2;1-2H2;1H/i;;;1+1. The molecule has 0 aromatic heterocycles. The molecule has 0 heterocycles. The summed E-state index contributed by atoms with van der Waals surface area (Å²) >= 11 is 0. The van der Waals surface area contributed by atoms with Crippen LogP contribution in [-0.4, -0.2) is 0 Å². The molecule has 7 rings (SSSR count). The molecule has 6 bridgehead atoms. The molecule has 4 fully saturated rings. The average Bonchev–Trinajstić information content (AvgIpc) is 3.50. The van der Waals surface area contributed by atoms with Gasteiger partial charge in [-0.2, -0.15) is 0 Å². The van der Waals surface area contributed by atoms with Crippen LogP contribution in [0.25, 0.3) is 0 Å². The van der Waals surface area contributed by atoms with Gasteiger partial charge in [-0.05, 0) is 95.7 Å². The minimum Gasteiger partial charge on any atom is -0.106 e. The SMILES string of the molecule is C1=CC2C3C=CC(C3)C2C1.C=C.CC1(C)C2CC(C3C4C=CC(C4)C32)C1(C)C.[2HH]. The molecule has 154 valence electrons. The predicted octanol–water partition coefficient (Wildman–Crippen LogP) is 7.56. The maximum atomic E-state index is 3.00. The Hall–Kier alpha value is -1.04. The fraction of sp³-hybridized carbons (Fsp3) is 0.714. The molecule has 0 aliphatic heterocycles. The number of hydrogen-bond donors (Lipinski definition) is 0.